The Kier molecular flexibility index (Phi) is 4.54. The molecule has 0 saturated carbocycles. The Bertz CT molecular complexity index is 2300. The molecule has 0 bridgehead atoms. The summed E-state index contributed by atoms with van der Waals surface area (Å²) >= 11 is 1.86. The molecule has 0 unspecified atom stereocenters. The molecule has 6 aromatic carbocycles. The summed E-state index contributed by atoms with van der Waals surface area (Å²) in [6.45, 7) is 0. The van der Waals surface area contributed by atoms with E-state index in [-0.39, 0.29) is 0 Å². The van der Waals surface area contributed by atoms with Crippen molar-refractivity contribution in [3.8, 4) is 28.3 Å². The standard InChI is InChI=1S/C36H21N3S/c1-2-10-23(11-3-1)33-28-15-4-6-17-29(28)37-36(38-33)39-30-18-7-5-14-24(30)26-20-21-27-25-16-8-12-22-13-9-19-31(32(22)25)40-35(27)34(26)39/h1-21H. The summed E-state index contributed by atoms with van der Waals surface area (Å²) in [7, 11) is 0. The molecule has 9 rings (SSSR count). The van der Waals surface area contributed by atoms with Crippen molar-refractivity contribution in [2.75, 3.05) is 0 Å². The van der Waals surface area contributed by atoms with Gasteiger partial charge in [0.1, 0.15) is 0 Å². The summed E-state index contributed by atoms with van der Waals surface area (Å²) in [6.07, 6.45) is 0. The molecule has 0 N–H and O–H groups in total. The topological polar surface area (TPSA) is 30.7 Å². The van der Waals surface area contributed by atoms with E-state index in [1.165, 1.54) is 42.5 Å². The summed E-state index contributed by atoms with van der Waals surface area (Å²) in [4.78, 5) is 13.0. The van der Waals surface area contributed by atoms with Gasteiger partial charge in [0.05, 0.1) is 22.2 Å². The lowest BCUT2D eigenvalue weighted by Gasteiger charge is -2.22. The van der Waals surface area contributed by atoms with E-state index >= 15 is 0 Å². The van der Waals surface area contributed by atoms with E-state index in [1.54, 1.807) is 0 Å². The Labute approximate surface area is 234 Å². The van der Waals surface area contributed by atoms with Crippen LogP contribution in [0.25, 0.3) is 71.8 Å². The van der Waals surface area contributed by atoms with Crippen LogP contribution in [0.2, 0.25) is 0 Å². The molecule has 186 valence electrons. The van der Waals surface area contributed by atoms with E-state index in [2.05, 4.69) is 126 Å². The Morgan fingerprint density at radius 3 is 2.23 bits per heavy atom. The van der Waals surface area contributed by atoms with Gasteiger partial charge >= 0.3 is 0 Å². The third kappa shape index (κ3) is 3.02. The molecule has 8 aromatic rings. The van der Waals surface area contributed by atoms with Crippen LogP contribution in [0.5, 0.6) is 0 Å². The molecule has 0 radical (unpaired) electrons. The molecule has 4 heteroatoms. The van der Waals surface area contributed by atoms with Crippen molar-refractivity contribution in [1.29, 1.82) is 0 Å². The maximum absolute atomic E-state index is 5.29. The highest BCUT2D eigenvalue weighted by Crippen LogP contribution is 2.52. The molecule has 0 amide bonds. The van der Waals surface area contributed by atoms with E-state index in [1.807, 2.05) is 17.8 Å². The molecule has 1 aliphatic heterocycles. The molecule has 0 spiro atoms. The predicted molar refractivity (Wildman–Crippen MR) is 166 cm³/mol. The average molecular weight is 528 g/mol. The minimum Gasteiger partial charge on any atom is -0.277 e. The fraction of sp³-hybridized carbons (Fsp3) is 0. The maximum atomic E-state index is 5.29. The molecule has 1 aliphatic rings. The predicted octanol–water partition coefficient (Wildman–Crippen LogP) is 9.68. The number of hydrogen-bond donors (Lipinski definition) is 0. The number of rotatable bonds is 2. The van der Waals surface area contributed by atoms with Crippen LogP contribution in [0.4, 0.5) is 0 Å². The van der Waals surface area contributed by atoms with Gasteiger partial charge in [-0.15, -0.1) is 0 Å². The summed E-state index contributed by atoms with van der Waals surface area (Å²) in [6, 6.07) is 45.2. The first kappa shape index (κ1) is 21.9. The number of aromatic nitrogens is 3. The fourth-order valence-electron chi connectivity index (χ4n) is 6.26. The Hall–Kier alpha value is -4.93. The highest BCUT2D eigenvalue weighted by Gasteiger charge is 2.26. The number of fused-ring (bicyclic) bond motifs is 7. The van der Waals surface area contributed by atoms with Gasteiger partial charge in [0.2, 0.25) is 5.95 Å². The minimum absolute atomic E-state index is 0.690. The third-order valence-corrected chi connectivity index (χ3v) is 9.18. The quantitative estimate of drug-likeness (QED) is 0.224. The van der Waals surface area contributed by atoms with Gasteiger partial charge in [-0.25, -0.2) is 9.97 Å². The molecule has 3 nitrogen and oxygen atoms in total. The normalized spacial score (nSPS) is 12.4. The first-order valence-corrected chi connectivity index (χ1v) is 14.3. The van der Waals surface area contributed by atoms with E-state index in [4.69, 9.17) is 9.97 Å². The van der Waals surface area contributed by atoms with E-state index in [0.29, 0.717) is 5.95 Å². The van der Waals surface area contributed by atoms with Crippen LogP contribution in [0.3, 0.4) is 0 Å². The van der Waals surface area contributed by atoms with Gasteiger partial charge in [0.25, 0.3) is 0 Å². The van der Waals surface area contributed by atoms with E-state index < -0.39 is 0 Å². The summed E-state index contributed by atoms with van der Waals surface area (Å²) in [5.41, 5.74) is 7.77. The summed E-state index contributed by atoms with van der Waals surface area (Å²) in [5.74, 6) is 0.690. The van der Waals surface area contributed by atoms with Crippen LogP contribution in [0.15, 0.2) is 137 Å². The lowest BCUT2D eigenvalue weighted by atomic mass is 9.96. The number of hydrogen-bond acceptors (Lipinski definition) is 3. The maximum Gasteiger partial charge on any atom is 0.235 e. The van der Waals surface area contributed by atoms with Gasteiger partial charge in [-0.3, -0.25) is 4.57 Å². The van der Waals surface area contributed by atoms with Crippen molar-refractivity contribution >= 4 is 55.2 Å². The monoisotopic (exact) mass is 527 g/mol. The summed E-state index contributed by atoms with van der Waals surface area (Å²) < 4.78 is 2.28. The zero-order valence-corrected chi connectivity index (χ0v) is 22.2. The molecule has 0 atom stereocenters. The molecule has 3 heterocycles. The second-order valence-electron chi connectivity index (χ2n) is 10.2. The molecule has 0 aliphatic carbocycles. The molecule has 2 aromatic heterocycles. The molecular weight excluding hydrogens is 506 g/mol. The molecule has 0 fully saturated rings. The van der Waals surface area contributed by atoms with E-state index in [9.17, 15) is 0 Å². The zero-order chi connectivity index (χ0) is 26.2. The van der Waals surface area contributed by atoms with Crippen molar-refractivity contribution in [2.45, 2.75) is 9.79 Å². The van der Waals surface area contributed by atoms with Gasteiger partial charge in [-0.05, 0) is 34.7 Å². The smallest absolute Gasteiger partial charge is 0.235 e. The van der Waals surface area contributed by atoms with Crippen LogP contribution >= 0.6 is 11.8 Å². The van der Waals surface area contributed by atoms with Gasteiger partial charge in [-0.1, -0.05) is 121 Å². The first-order valence-electron chi connectivity index (χ1n) is 13.4. The van der Waals surface area contributed by atoms with Crippen molar-refractivity contribution in [1.82, 2.24) is 14.5 Å². The fourth-order valence-corrected chi connectivity index (χ4v) is 7.54. The van der Waals surface area contributed by atoms with Crippen LogP contribution in [-0.4, -0.2) is 14.5 Å². The van der Waals surface area contributed by atoms with Crippen molar-refractivity contribution in [3.63, 3.8) is 0 Å². The van der Waals surface area contributed by atoms with Gasteiger partial charge in [-0.2, -0.15) is 0 Å². The van der Waals surface area contributed by atoms with E-state index in [0.717, 1.165) is 33.2 Å². The Balaban J connectivity index is 1.43. The Morgan fingerprint density at radius 1 is 0.550 bits per heavy atom. The highest BCUT2D eigenvalue weighted by atomic mass is 32.2. The summed E-state index contributed by atoms with van der Waals surface area (Å²) in [5, 5.41) is 6.08. The number of benzene rings is 6. The molecular formula is C36H21N3S. The lowest BCUT2D eigenvalue weighted by molar-refractivity contribution is 1.01. The van der Waals surface area contributed by atoms with Gasteiger partial charge in [0, 0.05) is 36.9 Å². The molecule has 40 heavy (non-hydrogen) atoms. The van der Waals surface area contributed by atoms with Gasteiger partial charge in [0.15, 0.2) is 0 Å². The lowest BCUT2D eigenvalue weighted by Crippen LogP contribution is -2.05. The molecule has 0 saturated heterocycles. The van der Waals surface area contributed by atoms with Crippen LogP contribution in [-0.2, 0) is 0 Å². The Morgan fingerprint density at radius 2 is 1.32 bits per heavy atom. The van der Waals surface area contributed by atoms with Crippen LogP contribution < -0.4 is 0 Å². The highest BCUT2D eigenvalue weighted by molar-refractivity contribution is 8.00. The number of para-hydroxylation sites is 2. The zero-order valence-electron chi connectivity index (χ0n) is 21.4. The number of nitrogens with zero attached hydrogens (tertiary/aromatic N) is 3. The second-order valence-corrected chi connectivity index (χ2v) is 11.3. The van der Waals surface area contributed by atoms with Gasteiger partial charge < -0.3 is 0 Å². The van der Waals surface area contributed by atoms with Crippen molar-refractivity contribution in [3.05, 3.63) is 127 Å². The van der Waals surface area contributed by atoms with Crippen LogP contribution in [0.1, 0.15) is 0 Å². The van der Waals surface area contributed by atoms with Crippen molar-refractivity contribution < 1.29 is 0 Å². The van der Waals surface area contributed by atoms with Crippen molar-refractivity contribution in [2.24, 2.45) is 0 Å². The SMILES string of the molecule is c1ccc(-c2nc(-n3c4ccccc4c4ccc5c(c43)Sc3cccc4cccc-5c34)nc3ccccc23)cc1. The average Bonchev–Trinajstić information content (AvgIpc) is 3.36. The van der Waals surface area contributed by atoms with Crippen LogP contribution in [0, 0.1) is 0 Å². The largest absolute Gasteiger partial charge is 0.277 e. The minimum atomic E-state index is 0.690. The first-order chi connectivity index (χ1) is 19.8. The third-order valence-electron chi connectivity index (χ3n) is 8.00. The second kappa shape index (κ2) is 8.28.